The van der Waals surface area contributed by atoms with Crippen molar-refractivity contribution < 1.29 is 0 Å². The van der Waals surface area contributed by atoms with Crippen molar-refractivity contribution in [1.29, 1.82) is 10.5 Å². The van der Waals surface area contributed by atoms with Gasteiger partial charge in [0.05, 0.1) is 16.6 Å². The van der Waals surface area contributed by atoms with E-state index in [1.807, 2.05) is 18.2 Å². The fourth-order valence-corrected chi connectivity index (χ4v) is 2.30. The first-order valence-corrected chi connectivity index (χ1v) is 5.79. The maximum atomic E-state index is 9.14. The highest BCUT2D eigenvalue weighted by atomic mass is 32.1. The molecule has 0 saturated heterocycles. The van der Waals surface area contributed by atoms with E-state index in [0.29, 0.717) is 11.1 Å². The maximum Gasteiger partial charge on any atom is 0.101 e. The molecule has 0 unspecified atom stereocenters. The Labute approximate surface area is 105 Å². The maximum absolute atomic E-state index is 9.14. The first-order valence-electron chi connectivity index (χ1n) is 5.39. The van der Waals surface area contributed by atoms with Crippen molar-refractivity contribution >= 4 is 23.7 Å². The normalized spacial score (nSPS) is 10.1. The lowest BCUT2D eigenvalue weighted by atomic mass is 10.0. The number of aryl methyl sites for hydroxylation is 1. The van der Waals surface area contributed by atoms with Crippen molar-refractivity contribution in [3.63, 3.8) is 0 Å². The summed E-state index contributed by atoms with van der Waals surface area (Å²) in [4.78, 5) is 0. The molecule has 2 rings (SSSR count). The average Bonchev–Trinajstić information content (AvgIpc) is 2.66. The SMILES string of the molecule is CCCc1cc2c(C#N)c(C#N)ccc2n1S. The summed E-state index contributed by atoms with van der Waals surface area (Å²) in [6, 6.07) is 9.60. The monoisotopic (exact) mass is 241 g/mol. The molecule has 0 aliphatic rings. The van der Waals surface area contributed by atoms with E-state index in [-0.39, 0.29) is 0 Å². The summed E-state index contributed by atoms with van der Waals surface area (Å²) in [5.41, 5.74) is 2.81. The van der Waals surface area contributed by atoms with E-state index in [4.69, 9.17) is 10.5 Å². The van der Waals surface area contributed by atoms with Crippen molar-refractivity contribution in [2.24, 2.45) is 0 Å². The van der Waals surface area contributed by atoms with Crippen LogP contribution in [-0.4, -0.2) is 3.97 Å². The second-order valence-corrected chi connectivity index (χ2v) is 4.24. The molecule has 1 heterocycles. The number of fused-ring (bicyclic) bond motifs is 1. The predicted molar refractivity (Wildman–Crippen MR) is 69.7 cm³/mol. The third-order valence-corrected chi connectivity index (χ3v) is 3.24. The lowest BCUT2D eigenvalue weighted by Gasteiger charge is -2.01. The molecule has 0 saturated carbocycles. The molecule has 17 heavy (non-hydrogen) atoms. The fraction of sp³-hybridized carbons (Fsp3) is 0.231. The average molecular weight is 241 g/mol. The topological polar surface area (TPSA) is 52.5 Å². The van der Waals surface area contributed by atoms with Crippen LogP contribution in [0.3, 0.4) is 0 Å². The standard InChI is InChI=1S/C13H11N3S/c1-2-3-10-6-11-12(8-15)9(7-14)4-5-13(11)16(10)17/h4-6,17H,2-3H2,1H3. The minimum absolute atomic E-state index is 0.419. The molecule has 0 N–H and O–H groups in total. The van der Waals surface area contributed by atoms with Gasteiger partial charge in [0, 0.05) is 11.1 Å². The third-order valence-electron chi connectivity index (χ3n) is 2.77. The van der Waals surface area contributed by atoms with Gasteiger partial charge in [0.25, 0.3) is 0 Å². The van der Waals surface area contributed by atoms with E-state index >= 15 is 0 Å². The molecule has 0 fully saturated rings. The largest absolute Gasteiger partial charge is 0.291 e. The second-order valence-electron chi connectivity index (χ2n) is 3.84. The van der Waals surface area contributed by atoms with Crippen LogP contribution in [0.5, 0.6) is 0 Å². The van der Waals surface area contributed by atoms with Gasteiger partial charge < -0.3 is 0 Å². The third kappa shape index (κ3) is 1.77. The van der Waals surface area contributed by atoms with Crippen molar-refractivity contribution in [2.45, 2.75) is 19.8 Å². The van der Waals surface area contributed by atoms with Crippen LogP contribution in [0, 0.1) is 22.7 Å². The van der Waals surface area contributed by atoms with Gasteiger partial charge in [0.15, 0.2) is 0 Å². The summed E-state index contributed by atoms with van der Waals surface area (Å²) in [5.74, 6) is 0. The highest BCUT2D eigenvalue weighted by Crippen LogP contribution is 2.27. The van der Waals surface area contributed by atoms with E-state index < -0.39 is 0 Å². The van der Waals surface area contributed by atoms with Crippen LogP contribution >= 0.6 is 12.8 Å². The number of benzene rings is 1. The van der Waals surface area contributed by atoms with Crippen LogP contribution in [0.4, 0.5) is 0 Å². The molecule has 0 atom stereocenters. The number of nitriles is 2. The quantitative estimate of drug-likeness (QED) is 0.822. The van der Waals surface area contributed by atoms with E-state index in [9.17, 15) is 0 Å². The van der Waals surface area contributed by atoms with Crippen LogP contribution in [-0.2, 0) is 6.42 Å². The minimum atomic E-state index is 0.419. The molecule has 0 radical (unpaired) electrons. The Bertz CT molecular complexity index is 656. The first kappa shape index (κ1) is 11.6. The molecule has 84 valence electrons. The zero-order valence-electron chi connectivity index (χ0n) is 9.44. The van der Waals surface area contributed by atoms with Crippen molar-refractivity contribution in [3.8, 4) is 12.1 Å². The Balaban J connectivity index is 2.79. The van der Waals surface area contributed by atoms with E-state index in [1.165, 1.54) is 0 Å². The van der Waals surface area contributed by atoms with Gasteiger partial charge >= 0.3 is 0 Å². The molecule has 0 aliphatic heterocycles. The second kappa shape index (κ2) is 4.53. The summed E-state index contributed by atoms with van der Waals surface area (Å²) in [6.45, 7) is 2.09. The van der Waals surface area contributed by atoms with Gasteiger partial charge in [0.2, 0.25) is 0 Å². The van der Waals surface area contributed by atoms with Crippen molar-refractivity contribution in [3.05, 3.63) is 35.0 Å². The van der Waals surface area contributed by atoms with E-state index in [0.717, 1.165) is 29.4 Å². The van der Waals surface area contributed by atoms with Gasteiger partial charge in [-0.25, -0.2) is 0 Å². The van der Waals surface area contributed by atoms with Crippen molar-refractivity contribution in [1.82, 2.24) is 3.97 Å². The number of aromatic nitrogens is 1. The van der Waals surface area contributed by atoms with Gasteiger partial charge in [0.1, 0.15) is 12.1 Å². The van der Waals surface area contributed by atoms with Gasteiger partial charge in [-0.1, -0.05) is 26.2 Å². The first-order chi connectivity index (χ1) is 8.22. The van der Waals surface area contributed by atoms with Gasteiger partial charge in [-0.15, -0.1) is 0 Å². The molecular formula is C13H11N3S. The van der Waals surface area contributed by atoms with Gasteiger partial charge in [-0.05, 0) is 24.6 Å². The Morgan fingerprint density at radius 1 is 1.29 bits per heavy atom. The van der Waals surface area contributed by atoms with E-state index in [1.54, 1.807) is 10.0 Å². The zero-order chi connectivity index (χ0) is 12.4. The zero-order valence-corrected chi connectivity index (χ0v) is 10.3. The van der Waals surface area contributed by atoms with Crippen LogP contribution < -0.4 is 0 Å². The van der Waals surface area contributed by atoms with Crippen LogP contribution in [0.25, 0.3) is 10.9 Å². The number of hydrogen-bond donors (Lipinski definition) is 1. The van der Waals surface area contributed by atoms with Crippen LogP contribution in [0.2, 0.25) is 0 Å². The Hall–Kier alpha value is -1.91. The molecule has 4 heteroatoms. The minimum Gasteiger partial charge on any atom is -0.291 e. The van der Waals surface area contributed by atoms with Crippen molar-refractivity contribution in [2.75, 3.05) is 0 Å². The number of hydrogen-bond acceptors (Lipinski definition) is 3. The smallest absolute Gasteiger partial charge is 0.101 e. The fourth-order valence-electron chi connectivity index (χ4n) is 1.97. The predicted octanol–water partition coefficient (Wildman–Crippen LogP) is 3.03. The molecule has 0 amide bonds. The molecule has 0 aliphatic carbocycles. The molecule has 1 aromatic heterocycles. The lowest BCUT2D eigenvalue weighted by molar-refractivity contribution is 0.885. The molecule has 3 nitrogen and oxygen atoms in total. The summed E-state index contributed by atoms with van der Waals surface area (Å²) in [5, 5.41) is 18.9. The van der Waals surface area contributed by atoms with Gasteiger partial charge in [-0.2, -0.15) is 10.5 Å². The number of nitrogens with zero attached hydrogens (tertiary/aromatic N) is 3. The molecule has 2 aromatic rings. The molecular weight excluding hydrogens is 230 g/mol. The lowest BCUT2D eigenvalue weighted by Crippen LogP contribution is -1.89. The number of thiol groups is 1. The Kier molecular flexibility index (Phi) is 3.08. The Morgan fingerprint density at radius 2 is 2.06 bits per heavy atom. The van der Waals surface area contributed by atoms with E-state index in [2.05, 4.69) is 25.8 Å². The molecule has 0 bridgehead atoms. The van der Waals surface area contributed by atoms with Gasteiger partial charge in [-0.3, -0.25) is 3.97 Å². The summed E-state index contributed by atoms with van der Waals surface area (Å²) in [7, 11) is 0. The van der Waals surface area contributed by atoms with Crippen LogP contribution in [0.15, 0.2) is 18.2 Å². The summed E-state index contributed by atoms with van der Waals surface area (Å²) < 4.78 is 1.79. The molecule has 0 spiro atoms. The summed E-state index contributed by atoms with van der Waals surface area (Å²) >= 11 is 4.42. The summed E-state index contributed by atoms with van der Waals surface area (Å²) in [6.07, 6.45) is 1.93. The molecule has 1 aromatic carbocycles. The highest BCUT2D eigenvalue weighted by molar-refractivity contribution is 7.78. The highest BCUT2D eigenvalue weighted by Gasteiger charge is 2.12. The number of rotatable bonds is 2. The Morgan fingerprint density at radius 3 is 2.65 bits per heavy atom. The van der Waals surface area contributed by atoms with Crippen LogP contribution in [0.1, 0.15) is 30.2 Å².